The molecular formula is C24H15Cl2F6N5O6S. The molecule has 0 spiro atoms. The maximum Gasteiger partial charge on any atom is 0.490 e. The van der Waals surface area contributed by atoms with Crippen LogP contribution >= 0.6 is 23.2 Å². The van der Waals surface area contributed by atoms with Crippen LogP contribution in [0.15, 0.2) is 53.8 Å². The second-order valence-corrected chi connectivity index (χ2v) is 11.2. The van der Waals surface area contributed by atoms with Crippen molar-refractivity contribution in [3.05, 3.63) is 59.0 Å². The number of halogens is 8. The zero-order chi connectivity index (χ0) is 33.2. The average Bonchev–Trinajstić information content (AvgIpc) is 3.27. The highest BCUT2D eigenvalue weighted by Crippen LogP contribution is 2.44. The summed E-state index contributed by atoms with van der Waals surface area (Å²) in [6.45, 7) is 0. The first-order valence-corrected chi connectivity index (χ1v) is 13.9. The number of aromatic amines is 1. The van der Waals surface area contributed by atoms with E-state index in [2.05, 4.69) is 20.3 Å². The van der Waals surface area contributed by atoms with Gasteiger partial charge in [-0.3, -0.25) is 4.98 Å². The summed E-state index contributed by atoms with van der Waals surface area (Å²) in [4.78, 5) is 34.5. The number of carbonyl (C=O) groups is 2. The number of carboxylic acids is 2. The molecule has 0 aliphatic carbocycles. The molecule has 44 heavy (non-hydrogen) atoms. The van der Waals surface area contributed by atoms with E-state index in [1.54, 1.807) is 18.6 Å². The molecule has 0 saturated heterocycles. The molecule has 0 unspecified atom stereocenters. The fraction of sp³-hybridized carbons (Fsp3) is 0.125. The summed E-state index contributed by atoms with van der Waals surface area (Å²) < 4.78 is 87.3. The van der Waals surface area contributed by atoms with Crippen LogP contribution in [0, 0.1) is 0 Å². The largest absolute Gasteiger partial charge is 0.490 e. The van der Waals surface area contributed by atoms with Crippen LogP contribution in [0.25, 0.3) is 33.9 Å². The molecule has 1 aliphatic rings. The Morgan fingerprint density at radius 3 is 1.95 bits per heavy atom. The predicted molar refractivity (Wildman–Crippen MR) is 144 cm³/mol. The average molecular weight is 686 g/mol. The molecule has 4 N–H and O–H groups in total. The van der Waals surface area contributed by atoms with E-state index in [0.29, 0.717) is 22.9 Å². The molecule has 0 bridgehead atoms. The van der Waals surface area contributed by atoms with Crippen LogP contribution < -0.4 is 5.32 Å². The van der Waals surface area contributed by atoms with Crippen molar-refractivity contribution >= 4 is 56.5 Å². The molecule has 5 rings (SSSR count). The van der Waals surface area contributed by atoms with Gasteiger partial charge in [0.1, 0.15) is 17.3 Å². The Bertz CT molecular complexity index is 1740. The lowest BCUT2D eigenvalue weighted by Gasteiger charge is -2.09. The van der Waals surface area contributed by atoms with Gasteiger partial charge in [-0.1, -0.05) is 23.2 Å². The van der Waals surface area contributed by atoms with Gasteiger partial charge >= 0.3 is 24.3 Å². The number of fused-ring (bicyclic) bond motifs is 5. The molecule has 0 fully saturated rings. The van der Waals surface area contributed by atoms with E-state index in [1.165, 1.54) is 12.1 Å². The summed E-state index contributed by atoms with van der Waals surface area (Å²) in [6, 6.07) is 8.36. The highest BCUT2D eigenvalue weighted by molar-refractivity contribution is 7.90. The van der Waals surface area contributed by atoms with E-state index in [9.17, 15) is 34.8 Å². The van der Waals surface area contributed by atoms with Crippen molar-refractivity contribution in [3.63, 3.8) is 0 Å². The van der Waals surface area contributed by atoms with E-state index in [-0.39, 0.29) is 14.9 Å². The third-order valence-corrected chi connectivity index (χ3v) is 6.96. The summed E-state index contributed by atoms with van der Waals surface area (Å²) in [5.74, 6) is -4.44. The van der Waals surface area contributed by atoms with E-state index < -0.39 is 34.1 Å². The van der Waals surface area contributed by atoms with Gasteiger partial charge in [-0.2, -0.15) is 26.3 Å². The fourth-order valence-corrected chi connectivity index (χ4v) is 4.87. The number of hydrogen-bond acceptors (Lipinski definition) is 8. The van der Waals surface area contributed by atoms with Crippen LogP contribution in [0.1, 0.15) is 0 Å². The molecular weight excluding hydrogens is 671 g/mol. The number of sulfone groups is 1. The summed E-state index contributed by atoms with van der Waals surface area (Å²) >= 11 is 12.9. The molecule has 234 valence electrons. The monoisotopic (exact) mass is 685 g/mol. The van der Waals surface area contributed by atoms with Gasteiger partial charge in [0.25, 0.3) is 0 Å². The number of imidazole rings is 1. The van der Waals surface area contributed by atoms with Crippen molar-refractivity contribution in [2.45, 2.75) is 17.2 Å². The van der Waals surface area contributed by atoms with Crippen LogP contribution in [0.3, 0.4) is 0 Å². The minimum absolute atomic E-state index is 0.0459. The highest BCUT2D eigenvalue weighted by atomic mass is 35.5. The number of nitrogens with zero attached hydrogens (tertiary/aromatic N) is 3. The minimum atomic E-state index is -5.08. The van der Waals surface area contributed by atoms with Crippen molar-refractivity contribution in [1.29, 1.82) is 0 Å². The Kier molecular flexibility index (Phi) is 9.81. The Morgan fingerprint density at radius 1 is 0.909 bits per heavy atom. The molecule has 0 radical (unpaired) electrons. The number of benzene rings is 1. The second-order valence-electron chi connectivity index (χ2n) is 8.39. The lowest BCUT2D eigenvalue weighted by molar-refractivity contribution is -0.193. The van der Waals surface area contributed by atoms with Gasteiger partial charge in [0.2, 0.25) is 0 Å². The fourth-order valence-electron chi connectivity index (χ4n) is 3.41. The molecule has 0 atom stereocenters. The smallest absolute Gasteiger partial charge is 0.475 e. The summed E-state index contributed by atoms with van der Waals surface area (Å²) in [7, 11) is -3.46. The van der Waals surface area contributed by atoms with Gasteiger partial charge in [-0.25, -0.2) is 28.0 Å². The number of carboxylic acid groups (broad SMARTS) is 2. The van der Waals surface area contributed by atoms with E-state index in [0.717, 1.165) is 28.8 Å². The maximum absolute atomic E-state index is 11.9. The van der Waals surface area contributed by atoms with Crippen molar-refractivity contribution < 1.29 is 54.6 Å². The minimum Gasteiger partial charge on any atom is -0.475 e. The standard InChI is InChI=1S/C20H13Cl2N5O2S.2C2HF3O2/c1-30(28,29)10-7-13(21)16(14(22)8-10)20-26-17-11-4-6-23-9-15(11)25-19-12(18(17)27-20)3-2-5-24-19;2*3-2(4,5)1(6)7/h2-9H,1H3,(H,24,25)(H,26,27);2*(H,6,7). The Labute approximate surface area is 252 Å². The molecule has 1 aliphatic heterocycles. The van der Waals surface area contributed by atoms with Gasteiger partial charge in [-0.15, -0.1) is 0 Å². The van der Waals surface area contributed by atoms with E-state index in [4.69, 9.17) is 48.0 Å². The zero-order valence-electron chi connectivity index (χ0n) is 21.4. The Morgan fingerprint density at radius 2 is 1.45 bits per heavy atom. The van der Waals surface area contributed by atoms with Crippen molar-refractivity contribution in [2.75, 3.05) is 11.6 Å². The van der Waals surface area contributed by atoms with Crippen LogP contribution in [0.4, 0.5) is 37.8 Å². The quantitative estimate of drug-likeness (QED) is 0.156. The number of pyridine rings is 2. The SMILES string of the molecule is CS(=O)(=O)c1cc(Cl)c(-c2nc3c([nH]2)-c2ccncc2Nc2ncccc2-3)c(Cl)c1.O=C(O)C(F)(F)F.O=C(O)C(F)(F)F. The van der Waals surface area contributed by atoms with Crippen molar-refractivity contribution in [2.24, 2.45) is 0 Å². The van der Waals surface area contributed by atoms with E-state index >= 15 is 0 Å². The zero-order valence-corrected chi connectivity index (χ0v) is 23.7. The van der Waals surface area contributed by atoms with Gasteiger partial charge in [0, 0.05) is 29.8 Å². The highest BCUT2D eigenvalue weighted by Gasteiger charge is 2.39. The first-order valence-electron chi connectivity index (χ1n) is 11.3. The number of aromatic nitrogens is 4. The third-order valence-electron chi connectivity index (χ3n) is 5.28. The number of rotatable bonds is 2. The van der Waals surface area contributed by atoms with Gasteiger partial charge in [-0.05, 0) is 30.3 Å². The number of nitrogens with one attached hydrogen (secondary N) is 2. The second kappa shape index (κ2) is 12.7. The number of hydrogen-bond donors (Lipinski definition) is 4. The molecule has 4 heterocycles. The third kappa shape index (κ3) is 7.94. The molecule has 11 nitrogen and oxygen atoms in total. The molecule has 20 heteroatoms. The van der Waals surface area contributed by atoms with Crippen molar-refractivity contribution in [3.8, 4) is 33.9 Å². The number of alkyl halides is 6. The number of H-pyrrole nitrogens is 1. The van der Waals surface area contributed by atoms with Crippen LogP contribution in [0.5, 0.6) is 0 Å². The maximum atomic E-state index is 11.9. The molecule has 1 aromatic carbocycles. The van der Waals surface area contributed by atoms with E-state index in [1.807, 2.05) is 18.2 Å². The number of anilines is 2. The van der Waals surface area contributed by atoms with Crippen LogP contribution in [-0.2, 0) is 19.4 Å². The van der Waals surface area contributed by atoms with Crippen molar-refractivity contribution in [1.82, 2.24) is 19.9 Å². The lowest BCUT2D eigenvalue weighted by Crippen LogP contribution is -2.21. The molecule has 0 amide bonds. The Balaban J connectivity index is 0.000000317. The predicted octanol–water partition coefficient (Wildman–Crippen LogP) is 6.23. The van der Waals surface area contributed by atoms with Gasteiger partial charge < -0.3 is 20.5 Å². The summed E-state index contributed by atoms with van der Waals surface area (Å²) in [6.07, 6.45) is -3.97. The normalized spacial score (nSPS) is 12.0. The first kappa shape index (κ1) is 34.1. The topological polar surface area (TPSA) is 175 Å². The summed E-state index contributed by atoms with van der Waals surface area (Å²) in [5, 5.41) is 17.9. The number of aliphatic carboxylic acids is 2. The van der Waals surface area contributed by atoms with Crippen LogP contribution in [-0.4, -0.2) is 69.1 Å². The van der Waals surface area contributed by atoms with Gasteiger partial charge in [0.05, 0.1) is 38.1 Å². The van der Waals surface area contributed by atoms with Crippen LogP contribution in [0.2, 0.25) is 10.0 Å². The van der Waals surface area contributed by atoms with Gasteiger partial charge in [0.15, 0.2) is 9.84 Å². The molecule has 3 aromatic heterocycles. The Hall–Kier alpha value is -4.42. The molecule has 0 saturated carbocycles. The summed E-state index contributed by atoms with van der Waals surface area (Å²) in [5.41, 5.74) is 4.28. The first-order chi connectivity index (χ1) is 20.2. The molecule has 4 aromatic rings. The lowest BCUT2D eigenvalue weighted by atomic mass is 10.1.